The lowest BCUT2D eigenvalue weighted by molar-refractivity contribution is -0.136. The summed E-state index contributed by atoms with van der Waals surface area (Å²) >= 11 is 6.34. The highest BCUT2D eigenvalue weighted by atomic mass is 35.5. The van der Waals surface area contributed by atoms with Gasteiger partial charge in [0.25, 0.3) is 11.8 Å². The van der Waals surface area contributed by atoms with E-state index in [0.717, 1.165) is 11.1 Å². The summed E-state index contributed by atoms with van der Waals surface area (Å²) in [6.07, 6.45) is 2.72. The van der Waals surface area contributed by atoms with E-state index in [4.69, 9.17) is 26.1 Å². The van der Waals surface area contributed by atoms with Gasteiger partial charge in [-0.2, -0.15) is 0 Å². The summed E-state index contributed by atoms with van der Waals surface area (Å²) in [6.45, 7) is 3.53. The van der Waals surface area contributed by atoms with Crippen LogP contribution in [0.5, 0.6) is 0 Å². The highest BCUT2D eigenvalue weighted by Crippen LogP contribution is 2.35. The smallest absolute Gasteiger partial charge is 0.255 e. The van der Waals surface area contributed by atoms with Crippen LogP contribution >= 0.6 is 11.6 Å². The summed E-state index contributed by atoms with van der Waals surface area (Å²) in [5.41, 5.74) is 5.32. The van der Waals surface area contributed by atoms with Gasteiger partial charge in [0.05, 0.1) is 49.9 Å². The number of halogens is 3. The third-order valence-electron chi connectivity index (χ3n) is 10.9. The highest BCUT2D eigenvalue weighted by Gasteiger charge is 2.39. The molecule has 1 fully saturated rings. The minimum absolute atomic E-state index is 0.0923. The van der Waals surface area contributed by atoms with Gasteiger partial charge in [-0.05, 0) is 72.6 Å². The van der Waals surface area contributed by atoms with Crippen LogP contribution in [0.4, 0.5) is 20.4 Å². The molecule has 332 valence electrons. The summed E-state index contributed by atoms with van der Waals surface area (Å²) in [7, 11) is 0. The van der Waals surface area contributed by atoms with E-state index in [2.05, 4.69) is 43.1 Å². The van der Waals surface area contributed by atoms with Gasteiger partial charge in [-0.1, -0.05) is 41.6 Å². The van der Waals surface area contributed by atoms with Gasteiger partial charge in [-0.25, -0.2) is 18.7 Å². The quantitative estimate of drug-likeness (QED) is 0.0544. The molecule has 4 amide bonds. The van der Waals surface area contributed by atoms with Crippen LogP contribution in [0.2, 0.25) is 5.02 Å². The van der Waals surface area contributed by atoms with Crippen molar-refractivity contribution in [2.75, 3.05) is 51.4 Å². The molecule has 65 heavy (non-hydrogen) atoms. The van der Waals surface area contributed by atoms with Crippen molar-refractivity contribution in [1.29, 1.82) is 0 Å². The van der Waals surface area contributed by atoms with Crippen molar-refractivity contribution < 1.29 is 37.4 Å². The molecule has 1 atom stereocenters. The Morgan fingerprint density at radius 1 is 0.892 bits per heavy atom. The summed E-state index contributed by atoms with van der Waals surface area (Å²) in [6, 6.07) is 20.3. The summed E-state index contributed by atoms with van der Waals surface area (Å²) in [5.74, 6) is 3.88. The monoisotopic (exact) mass is 900 g/mol. The number of ether oxygens (including phenoxy) is 2. The third-order valence-corrected chi connectivity index (χ3v) is 11.2. The van der Waals surface area contributed by atoms with E-state index < -0.39 is 23.6 Å². The second-order valence-corrected chi connectivity index (χ2v) is 15.7. The summed E-state index contributed by atoms with van der Waals surface area (Å²) in [5, 5.41) is 12.0. The number of carbonyl (C=O) groups excluding carboxylic acids is 4. The van der Waals surface area contributed by atoms with Gasteiger partial charge in [0.15, 0.2) is 0 Å². The van der Waals surface area contributed by atoms with Gasteiger partial charge >= 0.3 is 0 Å². The maximum absolute atomic E-state index is 14.9. The molecule has 0 aliphatic carbocycles. The number of imide groups is 1. The number of fused-ring (bicyclic) bond motifs is 4. The first-order valence-electron chi connectivity index (χ1n) is 21.1. The van der Waals surface area contributed by atoms with Gasteiger partial charge < -0.3 is 30.3 Å². The molecular formula is C48H43ClF2N8O6. The van der Waals surface area contributed by atoms with E-state index in [1.807, 2.05) is 6.07 Å². The molecular weight excluding hydrogens is 858 g/mol. The number of aromatic nitrogens is 2. The van der Waals surface area contributed by atoms with E-state index in [1.54, 1.807) is 60.8 Å². The number of piperidine rings is 1. The molecule has 1 aromatic heterocycles. The lowest BCUT2D eigenvalue weighted by Gasteiger charge is -2.29. The van der Waals surface area contributed by atoms with E-state index in [1.165, 1.54) is 23.1 Å². The lowest BCUT2D eigenvalue weighted by Crippen LogP contribution is -2.52. The standard InChI is InChI=1S/C48H43ClF2N8O6/c49-32-12-15-34-36(25-32)44(42-38(50)8-4-9-39(42)51)54-26-31-27-55-48(58-43(31)34)56-33-13-10-30(11-14-33)45(61)53-20-22-65-24-23-64-21-19-52-18-2-1-5-29-6-3-7-35-37(29)28-59(47(35)63)40-16-17-41(60)57-46(40)62/h3-4,6-15,25,27,40,52H,2,16-24,26,28H2,(H,53,61)(H,55,56,58)(H,57,60,62). The van der Waals surface area contributed by atoms with Crippen molar-refractivity contribution in [3.63, 3.8) is 0 Å². The molecule has 4 aromatic carbocycles. The Balaban J connectivity index is 0.711. The average molecular weight is 901 g/mol. The largest absolute Gasteiger partial charge is 0.378 e. The number of rotatable bonds is 16. The SMILES string of the molecule is O=C1CCC(N2Cc3c(C#CCCNCCOCCOCCNC(=O)c4ccc(Nc5ncc6c(n5)-c5ccc(Cl)cc5C(c5c(F)cccc5F)=NC6)cc4)cccc3C2=O)C(=O)N1. The molecule has 4 heterocycles. The van der Waals surface area contributed by atoms with Crippen molar-refractivity contribution in [2.45, 2.75) is 38.4 Å². The Labute approximate surface area is 378 Å². The van der Waals surface area contributed by atoms with E-state index in [9.17, 15) is 28.0 Å². The van der Waals surface area contributed by atoms with Crippen LogP contribution in [0.1, 0.15) is 67.8 Å². The maximum atomic E-state index is 14.9. The van der Waals surface area contributed by atoms with Gasteiger partial charge in [0, 0.05) is 89.3 Å². The van der Waals surface area contributed by atoms with E-state index in [0.29, 0.717) is 103 Å². The topological polar surface area (TPSA) is 176 Å². The molecule has 0 saturated carbocycles. The van der Waals surface area contributed by atoms with E-state index >= 15 is 0 Å². The predicted molar refractivity (Wildman–Crippen MR) is 239 cm³/mol. The van der Waals surface area contributed by atoms with Gasteiger partial charge in [-0.15, -0.1) is 0 Å². The molecule has 5 aromatic rings. The minimum atomic E-state index is -0.737. The number of hydrogen-bond donors (Lipinski definition) is 4. The lowest BCUT2D eigenvalue weighted by atomic mass is 9.95. The molecule has 0 bridgehead atoms. The first kappa shape index (κ1) is 44.7. The fraction of sp³-hybridized carbons (Fsp3) is 0.271. The second kappa shape index (κ2) is 20.7. The fourth-order valence-corrected chi connectivity index (χ4v) is 7.87. The minimum Gasteiger partial charge on any atom is -0.378 e. The molecule has 3 aliphatic rings. The predicted octanol–water partition coefficient (Wildman–Crippen LogP) is 5.73. The normalized spacial score (nSPS) is 15.2. The van der Waals surface area contributed by atoms with Crippen LogP contribution < -0.4 is 21.3 Å². The zero-order valence-electron chi connectivity index (χ0n) is 35.0. The molecule has 8 rings (SSSR count). The van der Waals surface area contributed by atoms with Crippen LogP contribution in [0, 0.1) is 23.5 Å². The van der Waals surface area contributed by atoms with Crippen LogP contribution in [0.25, 0.3) is 11.3 Å². The van der Waals surface area contributed by atoms with Crippen molar-refractivity contribution in [2.24, 2.45) is 4.99 Å². The average Bonchev–Trinajstić information content (AvgIpc) is 3.55. The number of carbonyl (C=O) groups is 4. The van der Waals surface area contributed by atoms with Crippen LogP contribution in [-0.2, 0) is 32.2 Å². The fourth-order valence-electron chi connectivity index (χ4n) is 7.70. The Morgan fingerprint density at radius 2 is 1.66 bits per heavy atom. The number of nitrogens with zero attached hydrogens (tertiary/aromatic N) is 4. The molecule has 0 spiro atoms. The van der Waals surface area contributed by atoms with Crippen molar-refractivity contribution in [1.82, 2.24) is 30.8 Å². The molecule has 17 heteroatoms. The maximum Gasteiger partial charge on any atom is 0.255 e. The number of hydrogen-bond acceptors (Lipinski definition) is 11. The Morgan fingerprint density at radius 3 is 2.45 bits per heavy atom. The molecule has 0 radical (unpaired) electrons. The number of amides is 4. The Bertz CT molecular complexity index is 2720. The first-order valence-corrected chi connectivity index (χ1v) is 21.4. The molecule has 1 unspecified atom stereocenters. The number of nitrogens with one attached hydrogen (secondary N) is 4. The van der Waals surface area contributed by atoms with E-state index in [-0.39, 0.29) is 54.5 Å². The number of benzene rings is 4. The van der Waals surface area contributed by atoms with Crippen LogP contribution in [0.15, 0.2) is 90.1 Å². The second-order valence-electron chi connectivity index (χ2n) is 15.2. The zero-order chi connectivity index (χ0) is 45.3. The number of anilines is 2. The summed E-state index contributed by atoms with van der Waals surface area (Å²) < 4.78 is 41.1. The van der Waals surface area contributed by atoms with Gasteiger partial charge in [-0.3, -0.25) is 29.5 Å². The van der Waals surface area contributed by atoms with Gasteiger partial charge in [0.2, 0.25) is 17.8 Å². The molecule has 1 saturated heterocycles. The Kier molecular flexibility index (Phi) is 14.3. The highest BCUT2D eigenvalue weighted by molar-refractivity contribution is 6.31. The molecule has 14 nitrogen and oxygen atoms in total. The van der Waals surface area contributed by atoms with Crippen LogP contribution in [0.3, 0.4) is 0 Å². The van der Waals surface area contributed by atoms with Crippen LogP contribution in [-0.4, -0.2) is 96.3 Å². The van der Waals surface area contributed by atoms with Gasteiger partial charge in [0.1, 0.15) is 17.7 Å². The number of aliphatic imine (C=N–C) groups is 1. The third kappa shape index (κ3) is 10.6. The first-order chi connectivity index (χ1) is 31.6. The Hall–Kier alpha value is -6.90. The molecule has 3 aliphatic heterocycles. The molecule has 4 N–H and O–H groups in total. The zero-order valence-corrected chi connectivity index (χ0v) is 35.8. The summed E-state index contributed by atoms with van der Waals surface area (Å²) in [4.78, 5) is 65.0. The van der Waals surface area contributed by atoms with Crippen molar-refractivity contribution in [3.05, 3.63) is 141 Å². The van der Waals surface area contributed by atoms with Crippen molar-refractivity contribution >= 4 is 52.6 Å². The van der Waals surface area contributed by atoms with Crippen molar-refractivity contribution in [3.8, 4) is 23.1 Å².